The molecule has 0 aliphatic heterocycles. The number of rotatable bonds is 5. The molecule has 39 heavy (non-hydrogen) atoms. The zero-order valence-corrected chi connectivity index (χ0v) is 21.5. The van der Waals surface area contributed by atoms with E-state index in [-0.39, 0.29) is 0 Å². The highest BCUT2D eigenvalue weighted by atomic mass is 15.1. The van der Waals surface area contributed by atoms with Gasteiger partial charge in [-0.2, -0.15) is 0 Å². The normalized spacial score (nSPS) is 11.1. The van der Waals surface area contributed by atoms with Crippen molar-refractivity contribution in [2.24, 2.45) is 0 Å². The molecular weight excluding hydrogens is 470 g/mol. The van der Waals surface area contributed by atoms with E-state index >= 15 is 0 Å². The van der Waals surface area contributed by atoms with Crippen molar-refractivity contribution in [3.8, 4) is 22.3 Å². The first kappa shape index (κ1) is 23.0. The van der Waals surface area contributed by atoms with Crippen LogP contribution < -0.4 is 4.90 Å². The number of fused-ring (bicyclic) bond motifs is 2. The molecule has 0 saturated heterocycles. The highest BCUT2D eigenvalue weighted by Crippen LogP contribution is 2.43. The molecule has 0 aliphatic rings. The van der Waals surface area contributed by atoms with Crippen LogP contribution >= 0.6 is 0 Å². The van der Waals surface area contributed by atoms with Crippen LogP contribution in [-0.4, -0.2) is 0 Å². The molecule has 0 heterocycles. The molecule has 7 rings (SSSR count). The summed E-state index contributed by atoms with van der Waals surface area (Å²) in [6.45, 7) is 0. The summed E-state index contributed by atoms with van der Waals surface area (Å²) < 4.78 is 0. The van der Waals surface area contributed by atoms with Gasteiger partial charge in [0.1, 0.15) is 0 Å². The number of hydrogen-bond acceptors (Lipinski definition) is 1. The Morgan fingerprint density at radius 3 is 1.69 bits per heavy atom. The average Bonchev–Trinajstić information content (AvgIpc) is 3.02. The Morgan fingerprint density at radius 1 is 0.333 bits per heavy atom. The minimum atomic E-state index is 1.13. The fourth-order valence-electron chi connectivity index (χ4n) is 5.54. The molecule has 1 nitrogen and oxygen atoms in total. The third-order valence-corrected chi connectivity index (χ3v) is 7.43. The zero-order chi connectivity index (χ0) is 26.0. The lowest BCUT2D eigenvalue weighted by Gasteiger charge is -2.28. The summed E-state index contributed by atoms with van der Waals surface area (Å²) >= 11 is 0. The molecule has 0 bridgehead atoms. The molecule has 7 aromatic rings. The summed E-state index contributed by atoms with van der Waals surface area (Å²) in [7, 11) is 0. The van der Waals surface area contributed by atoms with Crippen LogP contribution in [0.2, 0.25) is 0 Å². The summed E-state index contributed by atoms with van der Waals surface area (Å²) in [6, 6.07) is 58.7. The molecule has 0 atom stereocenters. The number of nitrogens with zero attached hydrogens (tertiary/aromatic N) is 1. The van der Waals surface area contributed by atoms with Crippen molar-refractivity contribution in [3.05, 3.63) is 164 Å². The molecule has 184 valence electrons. The van der Waals surface area contributed by atoms with Crippen LogP contribution in [0.4, 0.5) is 17.1 Å². The van der Waals surface area contributed by atoms with Crippen LogP contribution in [-0.2, 0) is 0 Å². The van der Waals surface area contributed by atoms with Gasteiger partial charge in [0.15, 0.2) is 0 Å². The van der Waals surface area contributed by atoms with Crippen LogP contribution in [0.1, 0.15) is 0 Å². The Labute approximate surface area is 229 Å². The smallest absolute Gasteiger partial charge is 0.0546 e. The van der Waals surface area contributed by atoms with Gasteiger partial charge >= 0.3 is 0 Å². The maximum Gasteiger partial charge on any atom is 0.0546 e. The van der Waals surface area contributed by atoms with E-state index in [0.717, 1.165) is 17.1 Å². The van der Waals surface area contributed by atoms with Gasteiger partial charge in [-0.05, 0) is 68.7 Å². The van der Waals surface area contributed by atoms with E-state index in [4.69, 9.17) is 0 Å². The second-order valence-corrected chi connectivity index (χ2v) is 9.83. The summed E-state index contributed by atoms with van der Waals surface area (Å²) in [5.41, 5.74) is 8.33. The lowest BCUT2D eigenvalue weighted by atomic mass is 9.94. The molecule has 1 heteroatoms. The van der Waals surface area contributed by atoms with Gasteiger partial charge in [0.05, 0.1) is 5.69 Å². The molecule has 0 radical (unpaired) electrons. The monoisotopic (exact) mass is 497 g/mol. The van der Waals surface area contributed by atoms with Crippen molar-refractivity contribution >= 4 is 38.6 Å². The lowest BCUT2D eigenvalue weighted by Crippen LogP contribution is -2.10. The molecule has 0 spiro atoms. The zero-order valence-electron chi connectivity index (χ0n) is 21.5. The van der Waals surface area contributed by atoms with Crippen molar-refractivity contribution in [1.82, 2.24) is 0 Å². The van der Waals surface area contributed by atoms with Crippen molar-refractivity contribution in [1.29, 1.82) is 0 Å². The van der Waals surface area contributed by atoms with E-state index in [0.29, 0.717) is 0 Å². The molecule has 0 aliphatic carbocycles. The van der Waals surface area contributed by atoms with E-state index in [1.165, 1.54) is 43.8 Å². The summed E-state index contributed by atoms with van der Waals surface area (Å²) in [5, 5.41) is 4.93. The van der Waals surface area contributed by atoms with Gasteiger partial charge in [0.25, 0.3) is 0 Å². The summed E-state index contributed by atoms with van der Waals surface area (Å²) in [6.07, 6.45) is 0. The number of anilines is 3. The largest absolute Gasteiger partial charge is 0.310 e. The SMILES string of the molecule is c1ccc(-c2ccc(-c3cccc4cccc(N(c5ccccc5)c5ccc6ccccc6c5)c34)cc2)cc1. The lowest BCUT2D eigenvalue weighted by molar-refractivity contribution is 1.30. The van der Waals surface area contributed by atoms with Gasteiger partial charge in [0, 0.05) is 16.8 Å². The molecule has 0 saturated carbocycles. The van der Waals surface area contributed by atoms with Crippen molar-refractivity contribution in [2.75, 3.05) is 4.90 Å². The van der Waals surface area contributed by atoms with Gasteiger partial charge in [0.2, 0.25) is 0 Å². The number of para-hydroxylation sites is 1. The Bertz CT molecular complexity index is 1880. The predicted octanol–water partition coefficient (Wildman–Crippen LogP) is 10.8. The maximum absolute atomic E-state index is 2.39. The van der Waals surface area contributed by atoms with Gasteiger partial charge in [-0.3, -0.25) is 0 Å². The van der Waals surface area contributed by atoms with E-state index in [2.05, 4.69) is 169 Å². The van der Waals surface area contributed by atoms with Crippen molar-refractivity contribution in [2.45, 2.75) is 0 Å². The quantitative estimate of drug-likeness (QED) is 0.229. The molecule has 0 unspecified atom stereocenters. The highest BCUT2D eigenvalue weighted by Gasteiger charge is 2.18. The molecule has 7 aromatic carbocycles. The second-order valence-electron chi connectivity index (χ2n) is 9.83. The second kappa shape index (κ2) is 9.96. The van der Waals surface area contributed by atoms with Crippen LogP contribution in [0.15, 0.2) is 164 Å². The van der Waals surface area contributed by atoms with Gasteiger partial charge in [-0.15, -0.1) is 0 Å². The Morgan fingerprint density at radius 2 is 0.923 bits per heavy atom. The summed E-state index contributed by atoms with van der Waals surface area (Å²) in [5.74, 6) is 0. The van der Waals surface area contributed by atoms with Gasteiger partial charge in [-0.25, -0.2) is 0 Å². The van der Waals surface area contributed by atoms with E-state index < -0.39 is 0 Å². The van der Waals surface area contributed by atoms with Gasteiger partial charge < -0.3 is 4.90 Å². The third-order valence-electron chi connectivity index (χ3n) is 7.43. The molecule has 0 N–H and O–H groups in total. The van der Waals surface area contributed by atoms with Crippen LogP contribution in [0.3, 0.4) is 0 Å². The van der Waals surface area contributed by atoms with Crippen LogP contribution in [0, 0.1) is 0 Å². The van der Waals surface area contributed by atoms with Crippen molar-refractivity contribution in [3.63, 3.8) is 0 Å². The van der Waals surface area contributed by atoms with E-state index in [9.17, 15) is 0 Å². The minimum Gasteiger partial charge on any atom is -0.310 e. The van der Waals surface area contributed by atoms with Crippen LogP contribution in [0.5, 0.6) is 0 Å². The fourth-order valence-corrected chi connectivity index (χ4v) is 5.54. The molecule has 0 amide bonds. The Kier molecular flexibility index (Phi) is 5.88. The predicted molar refractivity (Wildman–Crippen MR) is 167 cm³/mol. The average molecular weight is 498 g/mol. The first-order chi connectivity index (χ1) is 19.3. The first-order valence-electron chi connectivity index (χ1n) is 13.4. The van der Waals surface area contributed by atoms with E-state index in [1.807, 2.05) is 0 Å². The van der Waals surface area contributed by atoms with Crippen molar-refractivity contribution < 1.29 is 0 Å². The Balaban J connectivity index is 1.43. The number of hydrogen-bond donors (Lipinski definition) is 0. The van der Waals surface area contributed by atoms with E-state index in [1.54, 1.807) is 0 Å². The number of benzene rings is 7. The molecule has 0 aromatic heterocycles. The third kappa shape index (κ3) is 4.35. The highest BCUT2D eigenvalue weighted by molar-refractivity contribution is 6.08. The summed E-state index contributed by atoms with van der Waals surface area (Å²) in [4.78, 5) is 2.39. The topological polar surface area (TPSA) is 3.24 Å². The minimum absolute atomic E-state index is 1.13. The standard InChI is InChI=1S/C38H27N/c1-3-11-28(12-4-1)30-21-23-31(24-22-30)36-19-9-15-32-16-10-20-37(38(32)36)39(34-17-5-2-6-18-34)35-26-25-29-13-7-8-14-33(29)27-35/h1-27H. The first-order valence-corrected chi connectivity index (χ1v) is 13.4. The molecular formula is C38H27N. The Hall–Kier alpha value is -5.14. The maximum atomic E-state index is 2.39. The van der Waals surface area contributed by atoms with Gasteiger partial charge in [-0.1, -0.05) is 133 Å². The fraction of sp³-hybridized carbons (Fsp3) is 0. The molecule has 0 fully saturated rings. The van der Waals surface area contributed by atoms with Crippen LogP contribution in [0.25, 0.3) is 43.8 Å².